The van der Waals surface area contributed by atoms with E-state index in [9.17, 15) is 0 Å². The zero-order valence-electron chi connectivity index (χ0n) is 11.7. The Balaban J connectivity index is 2.30. The van der Waals surface area contributed by atoms with E-state index >= 15 is 0 Å². The second-order valence-corrected chi connectivity index (χ2v) is 5.49. The summed E-state index contributed by atoms with van der Waals surface area (Å²) in [6.45, 7) is 3.91. The second kappa shape index (κ2) is 6.83. The molecule has 0 aromatic heterocycles. The molecule has 0 heterocycles. The fourth-order valence-corrected chi connectivity index (χ4v) is 2.43. The number of hydrogen-bond donors (Lipinski definition) is 1. The standard InChI is InChI=1S/C16H15Cl2NO2/c1-10-6-7-12(11(2)19-20)16(8-10)21-9-13-14(17)4-3-5-15(13)18/h3-8,20H,9H2,1-2H3. The number of rotatable bonds is 4. The van der Waals surface area contributed by atoms with E-state index < -0.39 is 0 Å². The minimum absolute atomic E-state index is 0.244. The van der Waals surface area contributed by atoms with Crippen molar-refractivity contribution in [3.8, 4) is 5.75 Å². The first-order valence-electron chi connectivity index (χ1n) is 6.38. The van der Waals surface area contributed by atoms with E-state index in [1.807, 2.05) is 25.1 Å². The fraction of sp³-hybridized carbons (Fsp3) is 0.188. The molecule has 0 unspecified atom stereocenters. The molecule has 0 atom stereocenters. The molecule has 5 heteroatoms. The summed E-state index contributed by atoms with van der Waals surface area (Å²) in [5.74, 6) is 0.626. The highest BCUT2D eigenvalue weighted by atomic mass is 35.5. The number of nitrogens with zero attached hydrogens (tertiary/aromatic N) is 1. The zero-order valence-corrected chi connectivity index (χ0v) is 13.2. The van der Waals surface area contributed by atoms with Crippen LogP contribution in [0.3, 0.4) is 0 Å². The Morgan fingerprint density at radius 3 is 2.48 bits per heavy atom. The molecule has 0 spiro atoms. The molecule has 0 aliphatic rings. The minimum Gasteiger partial charge on any atom is -0.488 e. The molecule has 1 N–H and O–H groups in total. The molecule has 21 heavy (non-hydrogen) atoms. The quantitative estimate of drug-likeness (QED) is 0.484. The number of hydrogen-bond acceptors (Lipinski definition) is 3. The largest absolute Gasteiger partial charge is 0.488 e. The van der Waals surface area contributed by atoms with Gasteiger partial charge >= 0.3 is 0 Å². The molecule has 2 rings (SSSR count). The lowest BCUT2D eigenvalue weighted by molar-refractivity contribution is 0.303. The van der Waals surface area contributed by atoms with Crippen molar-refractivity contribution in [3.05, 3.63) is 63.1 Å². The average Bonchev–Trinajstić information content (AvgIpc) is 2.46. The fourth-order valence-electron chi connectivity index (χ4n) is 1.92. The molecule has 0 radical (unpaired) electrons. The van der Waals surface area contributed by atoms with Crippen LogP contribution < -0.4 is 4.74 Å². The second-order valence-electron chi connectivity index (χ2n) is 4.67. The first-order chi connectivity index (χ1) is 10.0. The maximum Gasteiger partial charge on any atom is 0.129 e. The summed E-state index contributed by atoms with van der Waals surface area (Å²) in [6.07, 6.45) is 0. The first-order valence-corrected chi connectivity index (χ1v) is 7.14. The van der Waals surface area contributed by atoms with Gasteiger partial charge in [0.25, 0.3) is 0 Å². The molecule has 0 aliphatic carbocycles. The average molecular weight is 324 g/mol. The van der Waals surface area contributed by atoms with E-state index in [2.05, 4.69) is 5.16 Å². The Morgan fingerprint density at radius 2 is 1.86 bits per heavy atom. The van der Waals surface area contributed by atoms with Gasteiger partial charge in [0.2, 0.25) is 0 Å². The van der Waals surface area contributed by atoms with E-state index in [4.69, 9.17) is 33.1 Å². The van der Waals surface area contributed by atoms with Crippen molar-refractivity contribution >= 4 is 28.9 Å². The van der Waals surface area contributed by atoms with Crippen LogP contribution in [0.4, 0.5) is 0 Å². The Kier molecular flexibility index (Phi) is 5.10. The van der Waals surface area contributed by atoms with Crippen molar-refractivity contribution in [2.24, 2.45) is 5.16 Å². The SMILES string of the molecule is CC(=NO)c1ccc(C)cc1OCc1c(Cl)cccc1Cl. The van der Waals surface area contributed by atoms with Crippen molar-refractivity contribution in [2.75, 3.05) is 0 Å². The molecule has 3 nitrogen and oxygen atoms in total. The number of halogens is 2. The lowest BCUT2D eigenvalue weighted by Crippen LogP contribution is -2.03. The van der Waals surface area contributed by atoms with Crippen LogP contribution in [0.2, 0.25) is 10.0 Å². The molecular formula is C16H15Cl2NO2. The van der Waals surface area contributed by atoms with Gasteiger partial charge in [-0.3, -0.25) is 0 Å². The normalized spacial score (nSPS) is 11.5. The van der Waals surface area contributed by atoms with E-state index in [1.54, 1.807) is 25.1 Å². The third-order valence-corrected chi connectivity index (χ3v) is 3.82. The molecule has 0 saturated carbocycles. The van der Waals surface area contributed by atoms with Gasteiger partial charge in [0.1, 0.15) is 12.4 Å². The van der Waals surface area contributed by atoms with Crippen LogP contribution in [0, 0.1) is 6.92 Å². The summed E-state index contributed by atoms with van der Waals surface area (Å²) in [6, 6.07) is 11.0. The predicted molar refractivity (Wildman–Crippen MR) is 86.0 cm³/mol. The van der Waals surface area contributed by atoms with Crippen molar-refractivity contribution in [1.29, 1.82) is 0 Å². The number of oxime groups is 1. The third kappa shape index (κ3) is 3.69. The highest BCUT2D eigenvalue weighted by Gasteiger charge is 2.11. The van der Waals surface area contributed by atoms with Crippen LogP contribution >= 0.6 is 23.2 Å². The van der Waals surface area contributed by atoms with Crippen molar-refractivity contribution in [2.45, 2.75) is 20.5 Å². The molecular weight excluding hydrogens is 309 g/mol. The van der Waals surface area contributed by atoms with Gasteiger partial charge in [-0.25, -0.2) is 0 Å². The summed E-state index contributed by atoms with van der Waals surface area (Å²) >= 11 is 12.3. The first kappa shape index (κ1) is 15.7. The lowest BCUT2D eigenvalue weighted by atomic mass is 10.1. The molecule has 0 bridgehead atoms. The van der Waals surface area contributed by atoms with Crippen LogP contribution in [0.5, 0.6) is 5.75 Å². The maximum atomic E-state index is 8.95. The molecule has 2 aromatic carbocycles. The molecule has 0 amide bonds. The van der Waals surface area contributed by atoms with Gasteiger partial charge in [0.05, 0.1) is 5.71 Å². The highest BCUT2D eigenvalue weighted by molar-refractivity contribution is 6.35. The smallest absolute Gasteiger partial charge is 0.129 e. The van der Waals surface area contributed by atoms with Gasteiger partial charge in [0.15, 0.2) is 0 Å². The van der Waals surface area contributed by atoms with E-state index in [1.165, 1.54) is 0 Å². The number of aryl methyl sites for hydroxylation is 1. The maximum absolute atomic E-state index is 8.95. The Bertz CT molecular complexity index is 664. The minimum atomic E-state index is 0.244. The van der Waals surface area contributed by atoms with Gasteiger partial charge in [0, 0.05) is 21.2 Å². The summed E-state index contributed by atoms with van der Waals surface area (Å²) in [5, 5.41) is 13.3. The summed E-state index contributed by atoms with van der Waals surface area (Å²) in [4.78, 5) is 0. The number of benzene rings is 2. The van der Waals surface area contributed by atoms with Gasteiger partial charge in [-0.2, -0.15) is 0 Å². The Morgan fingerprint density at radius 1 is 1.19 bits per heavy atom. The van der Waals surface area contributed by atoms with Crippen LogP contribution in [-0.4, -0.2) is 10.9 Å². The van der Waals surface area contributed by atoms with Crippen molar-refractivity contribution in [1.82, 2.24) is 0 Å². The lowest BCUT2D eigenvalue weighted by Gasteiger charge is -2.13. The van der Waals surface area contributed by atoms with Crippen LogP contribution in [0.15, 0.2) is 41.6 Å². The topological polar surface area (TPSA) is 41.8 Å². The van der Waals surface area contributed by atoms with Gasteiger partial charge < -0.3 is 9.94 Å². The van der Waals surface area contributed by atoms with Gasteiger partial charge in [-0.05, 0) is 43.7 Å². The molecule has 0 saturated heterocycles. The number of ether oxygens (including phenoxy) is 1. The predicted octanol–water partition coefficient (Wildman–Crippen LogP) is 5.08. The summed E-state index contributed by atoms with van der Waals surface area (Å²) < 4.78 is 5.83. The van der Waals surface area contributed by atoms with E-state index in [-0.39, 0.29) is 6.61 Å². The highest BCUT2D eigenvalue weighted by Crippen LogP contribution is 2.28. The molecule has 0 fully saturated rings. The van der Waals surface area contributed by atoms with Gasteiger partial charge in [-0.1, -0.05) is 40.5 Å². The van der Waals surface area contributed by atoms with Gasteiger partial charge in [-0.15, -0.1) is 0 Å². The Labute approximate surface area is 133 Å². The monoisotopic (exact) mass is 323 g/mol. The van der Waals surface area contributed by atoms with E-state index in [0.29, 0.717) is 21.5 Å². The molecule has 2 aromatic rings. The van der Waals surface area contributed by atoms with Crippen molar-refractivity contribution < 1.29 is 9.94 Å². The third-order valence-electron chi connectivity index (χ3n) is 3.11. The molecule has 0 aliphatic heterocycles. The Hall–Kier alpha value is -1.71. The van der Waals surface area contributed by atoms with Crippen molar-refractivity contribution in [3.63, 3.8) is 0 Å². The van der Waals surface area contributed by atoms with Crippen LogP contribution in [0.25, 0.3) is 0 Å². The molecule has 110 valence electrons. The zero-order chi connectivity index (χ0) is 15.4. The summed E-state index contributed by atoms with van der Waals surface area (Å²) in [7, 11) is 0. The van der Waals surface area contributed by atoms with Crippen LogP contribution in [-0.2, 0) is 6.61 Å². The van der Waals surface area contributed by atoms with E-state index in [0.717, 1.165) is 16.7 Å². The van der Waals surface area contributed by atoms with Crippen LogP contribution in [0.1, 0.15) is 23.6 Å². The summed E-state index contributed by atoms with van der Waals surface area (Å²) in [5.41, 5.74) is 2.98.